The molecule has 0 unspecified atom stereocenters. The first-order valence-electron chi connectivity index (χ1n) is 9.99. The lowest BCUT2D eigenvalue weighted by Gasteiger charge is -2.28. The summed E-state index contributed by atoms with van der Waals surface area (Å²) < 4.78 is 11.1. The highest BCUT2D eigenvalue weighted by molar-refractivity contribution is 5.99. The molecule has 7 nitrogen and oxygen atoms in total. The molecule has 1 aromatic rings. The number of benzene rings is 1. The molecule has 0 aromatic heterocycles. The summed E-state index contributed by atoms with van der Waals surface area (Å²) in [4.78, 5) is 37.3. The van der Waals surface area contributed by atoms with Crippen molar-refractivity contribution in [3.63, 3.8) is 0 Å². The number of carbonyl (C=O) groups is 3. The Labute approximate surface area is 179 Å². The summed E-state index contributed by atoms with van der Waals surface area (Å²) in [5.74, 6) is -1.18. The maximum atomic E-state index is 12.8. The zero-order valence-electron chi connectivity index (χ0n) is 18.8. The van der Waals surface area contributed by atoms with Gasteiger partial charge in [-0.2, -0.15) is 0 Å². The summed E-state index contributed by atoms with van der Waals surface area (Å²) in [6.45, 7) is 10.5. The quantitative estimate of drug-likeness (QED) is 0.539. The Morgan fingerprint density at radius 2 is 1.70 bits per heavy atom. The van der Waals surface area contributed by atoms with Crippen LogP contribution in [0.5, 0.6) is 0 Å². The molecule has 0 aliphatic carbocycles. The molecule has 0 bridgehead atoms. The van der Waals surface area contributed by atoms with Crippen LogP contribution in [0, 0.1) is 0 Å². The van der Waals surface area contributed by atoms with Crippen molar-refractivity contribution in [2.45, 2.75) is 65.3 Å². The van der Waals surface area contributed by atoms with Gasteiger partial charge < -0.3 is 20.1 Å². The molecule has 0 saturated carbocycles. The number of hydrogen-bond acceptors (Lipinski definition) is 5. The van der Waals surface area contributed by atoms with Crippen LogP contribution in [-0.4, -0.2) is 48.0 Å². The van der Waals surface area contributed by atoms with Gasteiger partial charge in [0.1, 0.15) is 18.2 Å². The molecule has 0 heterocycles. The van der Waals surface area contributed by atoms with Gasteiger partial charge in [0, 0.05) is 0 Å². The summed E-state index contributed by atoms with van der Waals surface area (Å²) >= 11 is 0. The Balaban J connectivity index is 2.70. The molecule has 2 amide bonds. The highest BCUT2D eigenvalue weighted by atomic mass is 16.5. The standard InChI is InChI=1S/C23H34N2O5/c1-7-11-19(26)18(15-29-14-17-12-9-8-10-13-17)24-21(28)23(5,6)25-20(27)16-30-22(2,3)4/h7-13,18H,14-16H2,1-6H3,(H,24,28)(H,25,27)/b11-7+/t18-/m1/s1. The molecule has 0 saturated heterocycles. The zero-order chi connectivity index (χ0) is 22.8. The second-order valence-corrected chi connectivity index (χ2v) is 8.50. The fourth-order valence-corrected chi connectivity index (χ4v) is 2.41. The van der Waals surface area contributed by atoms with Gasteiger partial charge in [0.25, 0.3) is 0 Å². The summed E-state index contributed by atoms with van der Waals surface area (Å²) in [6, 6.07) is 8.68. The topological polar surface area (TPSA) is 93.7 Å². The van der Waals surface area contributed by atoms with Gasteiger partial charge in [0.2, 0.25) is 11.8 Å². The first-order chi connectivity index (χ1) is 13.9. The smallest absolute Gasteiger partial charge is 0.246 e. The van der Waals surface area contributed by atoms with Crippen molar-refractivity contribution >= 4 is 17.6 Å². The second-order valence-electron chi connectivity index (χ2n) is 8.50. The van der Waals surface area contributed by atoms with Gasteiger partial charge in [-0.05, 0) is 53.2 Å². The molecule has 0 radical (unpaired) electrons. The van der Waals surface area contributed by atoms with E-state index in [0.29, 0.717) is 6.61 Å². The van der Waals surface area contributed by atoms with Crippen LogP contribution in [0.15, 0.2) is 42.5 Å². The predicted octanol–water partition coefficient (Wildman–Crippen LogP) is 2.54. The molecule has 30 heavy (non-hydrogen) atoms. The Hall–Kier alpha value is -2.51. The predicted molar refractivity (Wildman–Crippen MR) is 116 cm³/mol. The van der Waals surface area contributed by atoms with Gasteiger partial charge in [-0.3, -0.25) is 14.4 Å². The molecule has 0 aliphatic heterocycles. The molecule has 0 aliphatic rings. The van der Waals surface area contributed by atoms with Crippen LogP contribution >= 0.6 is 0 Å². The highest BCUT2D eigenvalue weighted by Crippen LogP contribution is 2.08. The van der Waals surface area contributed by atoms with Gasteiger partial charge >= 0.3 is 0 Å². The zero-order valence-corrected chi connectivity index (χ0v) is 18.8. The normalized spacial score (nSPS) is 13.1. The van der Waals surface area contributed by atoms with Gasteiger partial charge in [-0.25, -0.2) is 0 Å². The minimum atomic E-state index is -1.23. The second kappa shape index (κ2) is 11.6. The first-order valence-corrected chi connectivity index (χ1v) is 9.99. The molecule has 166 valence electrons. The number of ether oxygens (including phenoxy) is 2. The van der Waals surface area contributed by atoms with Crippen LogP contribution in [-0.2, 0) is 30.5 Å². The highest BCUT2D eigenvalue weighted by Gasteiger charge is 2.32. The van der Waals surface area contributed by atoms with E-state index in [1.165, 1.54) is 6.08 Å². The third kappa shape index (κ3) is 9.80. The van der Waals surface area contributed by atoms with E-state index in [4.69, 9.17) is 9.47 Å². The molecular weight excluding hydrogens is 384 g/mol. The average Bonchev–Trinajstić information content (AvgIpc) is 2.65. The molecule has 0 fully saturated rings. The van der Waals surface area contributed by atoms with Gasteiger partial charge in [0.15, 0.2) is 5.78 Å². The van der Waals surface area contributed by atoms with Crippen molar-refractivity contribution in [2.75, 3.05) is 13.2 Å². The Bertz CT molecular complexity index is 736. The molecule has 0 spiro atoms. The van der Waals surface area contributed by atoms with Crippen LogP contribution in [0.25, 0.3) is 0 Å². The largest absolute Gasteiger partial charge is 0.374 e. The van der Waals surface area contributed by atoms with E-state index in [9.17, 15) is 14.4 Å². The van der Waals surface area contributed by atoms with E-state index in [0.717, 1.165) is 5.56 Å². The number of hydrogen-bond donors (Lipinski definition) is 2. The molecule has 7 heteroatoms. The number of nitrogens with one attached hydrogen (secondary N) is 2. The third-order valence-electron chi connectivity index (χ3n) is 4.03. The molecule has 2 N–H and O–H groups in total. The summed E-state index contributed by atoms with van der Waals surface area (Å²) in [6.07, 6.45) is 3.00. The molecule has 1 atom stereocenters. The van der Waals surface area contributed by atoms with Crippen LogP contribution in [0.4, 0.5) is 0 Å². The van der Waals surface area contributed by atoms with E-state index < -0.39 is 29.0 Å². The van der Waals surface area contributed by atoms with Crippen molar-refractivity contribution in [3.05, 3.63) is 48.0 Å². The van der Waals surface area contributed by atoms with Crippen molar-refractivity contribution in [2.24, 2.45) is 0 Å². The van der Waals surface area contributed by atoms with E-state index >= 15 is 0 Å². The lowest BCUT2D eigenvalue weighted by atomic mass is 10.0. The fraction of sp³-hybridized carbons (Fsp3) is 0.522. The Morgan fingerprint density at radius 1 is 1.07 bits per heavy atom. The molecule has 1 aromatic carbocycles. The lowest BCUT2D eigenvalue weighted by molar-refractivity contribution is -0.138. The van der Waals surface area contributed by atoms with Crippen molar-refractivity contribution in [3.8, 4) is 0 Å². The van der Waals surface area contributed by atoms with Crippen molar-refractivity contribution in [1.82, 2.24) is 10.6 Å². The van der Waals surface area contributed by atoms with E-state index in [-0.39, 0.29) is 19.0 Å². The maximum Gasteiger partial charge on any atom is 0.246 e. The van der Waals surface area contributed by atoms with Crippen LogP contribution in [0.3, 0.4) is 0 Å². The van der Waals surface area contributed by atoms with E-state index in [2.05, 4.69) is 10.6 Å². The minimum Gasteiger partial charge on any atom is -0.374 e. The Morgan fingerprint density at radius 3 is 2.27 bits per heavy atom. The number of allylic oxidation sites excluding steroid dienone is 1. The van der Waals surface area contributed by atoms with E-state index in [1.54, 1.807) is 26.8 Å². The monoisotopic (exact) mass is 418 g/mol. The van der Waals surface area contributed by atoms with Gasteiger partial charge in [-0.15, -0.1) is 0 Å². The number of rotatable bonds is 11. The summed E-state index contributed by atoms with van der Waals surface area (Å²) in [5.41, 5.74) is -0.733. The Kier molecular flexibility index (Phi) is 9.89. The molecule has 1 rings (SSSR count). The van der Waals surface area contributed by atoms with Crippen LogP contribution in [0.2, 0.25) is 0 Å². The van der Waals surface area contributed by atoms with Crippen molar-refractivity contribution in [1.29, 1.82) is 0 Å². The average molecular weight is 419 g/mol. The third-order valence-corrected chi connectivity index (χ3v) is 4.03. The number of amides is 2. The fourth-order valence-electron chi connectivity index (χ4n) is 2.41. The number of carbonyl (C=O) groups excluding carboxylic acids is 3. The first kappa shape index (κ1) is 25.5. The minimum absolute atomic E-state index is 0.0149. The summed E-state index contributed by atoms with van der Waals surface area (Å²) in [7, 11) is 0. The maximum absolute atomic E-state index is 12.8. The molecular formula is C23H34N2O5. The van der Waals surface area contributed by atoms with Crippen molar-refractivity contribution < 1.29 is 23.9 Å². The SMILES string of the molecule is C/C=C/C(=O)[C@@H](COCc1ccccc1)NC(=O)C(C)(C)NC(=O)COC(C)(C)C. The summed E-state index contributed by atoms with van der Waals surface area (Å²) in [5, 5.41) is 5.33. The number of ketones is 1. The lowest BCUT2D eigenvalue weighted by Crippen LogP contribution is -2.59. The van der Waals surface area contributed by atoms with Crippen LogP contribution < -0.4 is 10.6 Å². The van der Waals surface area contributed by atoms with Gasteiger partial charge in [-0.1, -0.05) is 36.4 Å². The van der Waals surface area contributed by atoms with Crippen LogP contribution in [0.1, 0.15) is 47.1 Å². The van der Waals surface area contributed by atoms with Gasteiger partial charge in [0.05, 0.1) is 18.8 Å². The van der Waals surface area contributed by atoms with E-state index in [1.807, 2.05) is 51.1 Å².